The number of rotatable bonds is 3. The van der Waals surface area contributed by atoms with Gasteiger partial charge in [-0.2, -0.15) is 0 Å². The SMILES string of the molecule is Cc1cc(C(=O)O)ccc1-c1ccc(C(=O)O)cc1C.Cl. The maximum absolute atomic E-state index is 10.9. The molecule has 0 saturated carbocycles. The van der Waals surface area contributed by atoms with Crippen molar-refractivity contribution in [2.45, 2.75) is 13.8 Å². The van der Waals surface area contributed by atoms with Gasteiger partial charge in [-0.25, -0.2) is 9.59 Å². The van der Waals surface area contributed by atoms with Crippen molar-refractivity contribution in [1.82, 2.24) is 0 Å². The van der Waals surface area contributed by atoms with Crippen LogP contribution in [0.15, 0.2) is 36.4 Å². The fourth-order valence-corrected chi connectivity index (χ4v) is 2.20. The van der Waals surface area contributed by atoms with Crippen LogP contribution in [-0.2, 0) is 0 Å². The average Bonchev–Trinajstić information content (AvgIpc) is 2.38. The Morgan fingerprint density at radius 2 is 1.10 bits per heavy atom. The summed E-state index contributed by atoms with van der Waals surface area (Å²) in [7, 11) is 0. The highest BCUT2D eigenvalue weighted by Gasteiger charge is 2.11. The first-order valence-corrected chi connectivity index (χ1v) is 6.08. The summed E-state index contributed by atoms with van der Waals surface area (Å²) in [5.74, 6) is -1.92. The molecule has 2 aromatic carbocycles. The van der Waals surface area contributed by atoms with Crippen LogP contribution in [0.25, 0.3) is 11.1 Å². The number of halogens is 1. The van der Waals surface area contributed by atoms with Gasteiger partial charge in [-0.3, -0.25) is 0 Å². The average molecular weight is 307 g/mol. The number of aryl methyl sites for hydroxylation is 2. The predicted octanol–water partition coefficient (Wildman–Crippen LogP) is 3.79. The molecule has 0 heterocycles. The van der Waals surface area contributed by atoms with Crippen molar-refractivity contribution < 1.29 is 19.8 Å². The van der Waals surface area contributed by atoms with Gasteiger partial charge in [0.05, 0.1) is 11.1 Å². The fraction of sp³-hybridized carbons (Fsp3) is 0.125. The number of carbonyl (C=O) groups is 2. The highest BCUT2D eigenvalue weighted by molar-refractivity contribution is 5.90. The van der Waals surface area contributed by atoms with Crippen LogP contribution >= 0.6 is 12.4 Å². The van der Waals surface area contributed by atoms with Crippen LogP contribution in [0.1, 0.15) is 31.8 Å². The van der Waals surface area contributed by atoms with E-state index in [-0.39, 0.29) is 23.5 Å². The second-order valence-corrected chi connectivity index (χ2v) is 4.67. The van der Waals surface area contributed by atoms with Gasteiger partial charge >= 0.3 is 11.9 Å². The van der Waals surface area contributed by atoms with Gasteiger partial charge in [-0.05, 0) is 60.4 Å². The lowest BCUT2D eigenvalue weighted by Crippen LogP contribution is -1.99. The fourth-order valence-electron chi connectivity index (χ4n) is 2.20. The maximum Gasteiger partial charge on any atom is 0.335 e. The van der Waals surface area contributed by atoms with E-state index in [0.29, 0.717) is 0 Å². The molecule has 0 unspecified atom stereocenters. The monoisotopic (exact) mass is 306 g/mol. The third-order valence-electron chi connectivity index (χ3n) is 3.24. The van der Waals surface area contributed by atoms with E-state index in [9.17, 15) is 9.59 Å². The number of benzene rings is 2. The van der Waals surface area contributed by atoms with E-state index in [1.165, 1.54) is 0 Å². The van der Waals surface area contributed by atoms with Crippen LogP contribution in [0.4, 0.5) is 0 Å². The van der Waals surface area contributed by atoms with Crippen LogP contribution in [0.2, 0.25) is 0 Å². The van der Waals surface area contributed by atoms with Crippen molar-refractivity contribution in [3.63, 3.8) is 0 Å². The molecule has 4 nitrogen and oxygen atoms in total. The summed E-state index contributed by atoms with van der Waals surface area (Å²) < 4.78 is 0. The molecule has 0 atom stereocenters. The first-order chi connectivity index (χ1) is 9.40. The first-order valence-electron chi connectivity index (χ1n) is 6.08. The van der Waals surface area contributed by atoms with Gasteiger partial charge in [-0.1, -0.05) is 12.1 Å². The number of carboxylic acid groups (broad SMARTS) is 2. The van der Waals surface area contributed by atoms with Crippen molar-refractivity contribution in [3.8, 4) is 11.1 Å². The van der Waals surface area contributed by atoms with E-state index < -0.39 is 11.9 Å². The largest absolute Gasteiger partial charge is 0.478 e. The zero-order valence-electron chi connectivity index (χ0n) is 11.6. The molecule has 0 aromatic heterocycles. The molecule has 5 heteroatoms. The second-order valence-electron chi connectivity index (χ2n) is 4.67. The Kier molecular flexibility index (Phi) is 5.11. The van der Waals surface area contributed by atoms with Gasteiger partial charge in [0.2, 0.25) is 0 Å². The van der Waals surface area contributed by atoms with Crippen LogP contribution in [-0.4, -0.2) is 22.2 Å². The molecule has 2 aromatic rings. The molecule has 110 valence electrons. The van der Waals surface area contributed by atoms with E-state index >= 15 is 0 Å². The normalized spacial score (nSPS) is 9.81. The second kappa shape index (κ2) is 6.41. The van der Waals surface area contributed by atoms with Crippen molar-refractivity contribution >= 4 is 24.3 Å². The Balaban J connectivity index is 0.00000220. The zero-order chi connectivity index (χ0) is 14.9. The Labute approximate surface area is 128 Å². The van der Waals surface area contributed by atoms with Gasteiger partial charge in [0.15, 0.2) is 0 Å². The summed E-state index contributed by atoms with van der Waals surface area (Å²) in [5, 5.41) is 17.9. The molecule has 0 saturated heterocycles. The Morgan fingerprint density at radius 3 is 1.33 bits per heavy atom. The highest BCUT2D eigenvalue weighted by atomic mass is 35.5. The van der Waals surface area contributed by atoms with Gasteiger partial charge in [0.25, 0.3) is 0 Å². The summed E-state index contributed by atoms with van der Waals surface area (Å²) in [5.41, 5.74) is 3.98. The molecule has 0 spiro atoms. The Hall–Kier alpha value is -2.33. The van der Waals surface area contributed by atoms with Gasteiger partial charge in [0.1, 0.15) is 0 Å². The molecule has 2 N–H and O–H groups in total. The first kappa shape index (κ1) is 16.7. The Bertz CT molecular complexity index is 646. The number of aromatic carboxylic acids is 2. The topological polar surface area (TPSA) is 74.6 Å². The third-order valence-corrected chi connectivity index (χ3v) is 3.24. The molecule has 0 bridgehead atoms. The van der Waals surface area contributed by atoms with Gasteiger partial charge in [0, 0.05) is 0 Å². The quantitative estimate of drug-likeness (QED) is 0.904. The maximum atomic E-state index is 10.9. The summed E-state index contributed by atoms with van der Waals surface area (Å²) in [4.78, 5) is 21.8. The van der Waals surface area contributed by atoms with Crippen molar-refractivity contribution in [2.75, 3.05) is 0 Å². The molecular formula is C16H15ClO4. The Morgan fingerprint density at radius 1 is 0.762 bits per heavy atom. The minimum absolute atomic E-state index is 0. The number of carboxylic acids is 2. The molecule has 0 aliphatic rings. The summed E-state index contributed by atoms with van der Waals surface area (Å²) >= 11 is 0. The van der Waals surface area contributed by atoms with Crippen LogP contribution in [0.5, 0.6) is 0 Å². The van der Waals surface area contributed by atoms with Crippen LogP contribution in [0.3, 0.4) is 0 Å². The molecule has 21 heavy (non-hydrogen) atoms. The van der Waals surface area contributed by atoms with Gasteiger partial charge < -0.3 is 10.2 Å². The lowest BCUT2D eigenvalue weighted by atomic mass is 9.94. The molecule has 0 aliphatic carbocycles. The van der Waals surface area contributed by atoms with E-state index in [4.69, 9.17) is 10.2 Å². The van der Waals surface area contributed by atoms with E-state index in [1.807, 2.05) is 13.8 Å². The van der Waals surface area contributed by atoms with Crippen molar-refractivity contribution in [3.05, 3.63) is 58.7 Å². The minimum Gasteiger partial charge on any atom is -0.478 e. The molecule has 0 aliphatic heterocycles. The molecule has 2 rings (SSSR count). The predicted molar refractivity (Wildman–Crippen MR) is 82.5 cm³/mol. The lowest BCUT2D eigenvalue weighted by Gasteiger charge is -2.11. The smallest absolute Gasteiger partial charge is 0.335 e. The number of hydrogen-bond acceptors (Lipinski definition) is 2. The lowest BCUT2D eigenvalue weighted by molar-refractivity contribution is 0.0686. The molecular weight excluding hydrogens is 292 g/mol. The zero-order valence-corrected chi connectivity index (χ0v) is 12.4. The van der Waals surface area contributed by atoms with Crippen molar-refractivity contribution in [2.24, 2.45) is 0 Å². The molecule has 0 fully saturated rings. The summed E-state index contributed by atoms with van der Waals surface area (Å²) in [6.07, 6.45) is 0. The minimum atomic E-state index is -0.961. The van der Waals surface area contributed by atoms with E-state index in [2.05, 4.69) is 0 Å². The highest BCUT2D eigenvalue weighted by Crippen LogP contribution is 2.28. The van der Waals surface area contributed by atoms with E-state index in [1.54, 1.807) is 36.4 Å². The van der Waals surface area contributed by atoms with Crippen LogP contribution in [0, 0.1) is 13.8 Å². The molecule has 0 amide bonds. The van der Waals surface area contributed by atoms with Crippen molar-refractivity contribution in [1.29, 1.82) is 0 Å². The summed E-state index contributed by atoms with van der Waals surface area (Å²) in [6, 6.07) is 9.83. The number of hydrogen-bond donors (Lipinski definition) is 2. The molecule has 0 radical (unpaired) electrons. The third kappa shape index (κ3) is 3.41. The van der Waals surface area contributed by atoms with Gasteiger partial charge in [-0.15, -0.1) is 12.4 Å². The van der Waals surface area contributed by atoms with Crippen LogP contribution < -0.4 is 0 Å². The van der Waals surface area contributed by atoms with E-state index in [0.717, 1.165) is 22.3 Å². The summed E-state index contributed by atoms with van der Waals surface area (Å²) in [6.45, 7) is 3.68. The standard InChI is InChI=1S/C16H14O4.ClH/c1-9-7-11(15(17)18)3-5-13(9)14-6-4-12(16(19)20)8-10(14)2;/h3-8H,1-2H3,(H,17,18)(H,19,20);1H.